The van der Waals surface area contributed by atoms with E-state index in [-0.39, 0.29) is 18.3 Å². The van der Waals surface area contributed by atoms with Crippen LogP contribution in [0.2, 0.25) is 0 Å². The molecule has 1 amide bonds. The van der Waals surface area contributed by atoms with Gasteiger partial charge in [0.2, 0.25) is 0 Å². The van der Waals surface area contributed by atoms with Crippen molar-refractivity contribution in [1.82, 2.24) is 14.9 Å². The molecular weight excluding hydrogens is 416 g/mol. The number of hydrogen-bond donors (Lipinski definition) is 0. The molecule has 7 heteroatoms. The molecule has 1 fully saturated rings. The molecule has 1 aliphatic heterocycles. The first-order valence-electron chi connectivity index (χ1n) is 11.1. The molecule has 0 saturated carbocycles. The predicted octanol–water partition coefficient (Wildman–Crippen LogP) is 4.74. The van der Waals surface area contributed by atoms with Crippen molar-refractivity contribution >= 4 is 6.09 Å². The Hall–Kier alpha value is -3.76. The highest BCUT2D eigenvalue weighted by Crippen LogP contribution is 2.31. The van der Waals surface area contributed by atoms with E-state index < -0.39 is 0 Å². The summed E-state index contributed by atoms with van der Waals surface area (Å²) in [6, 6.07) is 19.5. The number of rotatable bonds is 6. The molecule has 0 spiro atoms. The zero-order valence-corrected chi connectivity index (χ0v) is 18.6. The highest BCUT2D eigenvalue weighted by molar-refractivity contribution is 5.67. The van der Waals surface area contributed by atoms with Crippen molar-refractivity contribution in [3.8, 4) is 17.3 Å². The highest BCUT2D eigenvalue weighted by atomic mass is 16.6. The van der Waals surface area contributed by atoms with Gasteiger partial charge in [-0.05, 0) is 49.6 Å². The Labute approximate surface area is 193 Å². The molecule has 3 aromatic rings. The van der Waals surface area contributed by atoms with Crippen LogP contribution in [0.1, 0.15) is 42.7 Å². The molecule has 0 aliphatic carbocycles. The summed E-state index contributed by atoms with van der Waals surface area (Å²) in [6.45, 7) is 3.39. The van der Waals surface area contributed by atoms with Crippen molar-refractivity contribution < 1.29 is 14.3 Å². The second-order valence-corrected chi connectivity index (χ2v) is 7.82. The smallest absolute Gasteiger partial charge is 0.409 e. The van der Waals surface area contributed by atoms with Gasteiger partial charge in [0.15, 0.2) is 0 Å². The summed E-state index contributed by atoms with van der Waals surface area (Å²) < 4.78 is 11.7. The Morgan fingerprint density at radius 1 is 1.12 bits per heavy atom. The lowest BCUT2D eigenvalue weighted by molar-refractivity contribution is -0.0274. The van der Waals surface area contributed by atoms with E-state index in [1.54, 1.807) is 29.4 Å². The van der Waals surface area contributed by atoms with E-state index in [0.717, 1.165) is 29.7 Å². The number of nitriles is 1. The molecule has 7 nitrogen and oxygen atoms in total. The first-order valence-corrected chi connectivity index (χ1v) is 11.1. The lowest BCUT2D eigenvalue weighted by Gasteiger charge is -2.33. The predicted molar refractivity (Wildman–Crippen MR) is 123 cm³/mol. The number of aromatic nitrogens is 2. The molecule has 1 aliphatic rings. The normalized spacial score (nSPS) is 15.0. The number of amides is 1. The summed E-state index contributed by atoms with van der Waals surface area (Å²) in [6.07, 6.45) is 4.21. The Kier molecular flexibility index (Phi) is 7.28. The topological polar surface area (TPSA) is 88.3 Å². The number of carbonyl (C=O) groups excluding carboxylic acids is 1. The van der Waals surface area contributed by atoms with Crippen LogP contribution in [0.5, 0.6) is 0 Å². The summed E-state index contributed by atoms with van der Waals surface area (Å²) in [5, 5.41) is 9.22. The Morgan fingerprint density at radius 3 is 2.61 bits per heavy atom. The third kappa shape index (κ3) is 5.54. The van der Waals surface area contributed by atoms with Gasteiger partial charge in [-0.3, -0.25) is 9.97 Å². The van der Waals surface area contributed by atoms with Crippen molar-refractivity contribution in [3.05, 3.63) is 83.8 Å². The van der Waals surface area contributed by atoms with Crippen LogP contribution in [0.4, 0.5) is 4.79 Å². The molecule has 3 heterocycles. The van der Waals surface area contributed by atoms with E-state index in [1.807, 2.05) is 49.4 Å². The van der Waals surface area contributed by atoms with Crippen LogP contribution in [0, 0.1) is 11.3 Å². The van der Waals surface area contributed by atoms with Crippen LogP contribution in [0.15, 0.2) is 67.0 Å². The van der Waals surface area contributed by atoms with Crippen LogP contribution in [0.3, 0.4) is 0 Å². The highest BCUT2D eigenvalue weighted by Gasteiger charge is 2.28. The third-order valence-corrected chi connectivity index (χ3v) is 5.63. The molecular formula is C26H26N4O3. The molecule has 0 bridgehead atoms. The molecule has 33 heavy (non-hydrogen) atoms. The zero-order valence-electron chi connectivity index (χ0n) is 18.6. The maximum atomic E-state index is 12.0. The number of ether oxygens (including phenoxy) is 2. The SMILES string of the molecule is CCOC(=O)N1CCC(OC(c2ccccc2)c2cc(-c3cc(C#N)ccn3)ccn2)CC1. The molecule has 2 aromatic heterocycles. The van der Waals surface area contributed by atoms with E-state index >= 15 is 0 Å². The van der Waals surface area contributed by atoms with Crippen LogP contribution in [0.25, 0.3) is 11.3 Å². The quantitative estimate of drug-likeness (QED) is 0.548. The van der Waals surface area contributed by atoms with Crippen molar-refractivity contribution in [2.24, 2.45) is 0 Å². The minimum Gasteiger partial charge on any atom is -0.450 e. The summed E-state index contributed by atoms with van der Waals surface area (Å²) in [5.74, 6) is 0. The first-order chi connectivity index (χ1) is 16.2. The number of nitrogens with zero attached hydrogens (tertiary/aromatic N) is 4. The van der Waals surface area contributed by atoms with E-state index in [1.165, 1.54) is 0 Å². The number of piperidine rings is 1. The summed E-state index contributed by atoms with van der Waals surface area (Å²) >= 11 is 0. The Bertz CT molecular complexity index is 1120. The number of carbonyl (C=O) groups is 1. The van der Waals surface area contributed by atoms with Crippen LogP contribution in [-0.2, 0) is 9.47 Å². The maximum Gasteiger partial charge on any atom is 0.409 e. The van der Waals surface area contributed by atoms with Crippen LogP contribution >= 0.6 is 0 Å². The molecule has 1 saturated heterocycles. The van der Waals surface area contributed by atoms with Gasteiger partial charge < -0.3 is 14.4 Å². The van der Waals surface area contributed by atoms with Crippen molar-refractivity contribution in [1.29, 1.82) is 5.26 Å². The molecule has 168 valence electrons. The summed E-state index contributed by atoms with van der Waals surface area (Å²) in [5.41, 5.74) is 3.93. The van der Waals surface area contributed by atoms with Gasteiger partial charge in [-0.2, -0.15) is 5.26 Å². The molecule has 4 rings (SSSR count). The zero-order chi connectivity index (χ0) is 23.0. The number of hydrogen-bond acceptors (Lipinski definition) is 6. The Morgan fingerprint density at radius 2 is 1.88 bits per heavy atom. The van der Waals surface area contributed by atoms with E-state index in [0.29, 0.717) is 31.0 Å². The second-order valence-electron chi connectivity index (χ2n) is 7.82. The fourth-order valence-electron chi connectivity index (χ4n) is 3.94. The summed E-state index contributed by atoms with van der Waals surface area (Å²) in [4.78, 5) is 22.8. The molecule has 1 aromatic carbocycles. The largest absolute Gasteiger partial charge is 0.450 e. The van der Waals surface area contributed by atoms with Gasteiger partial charge >= 0.3 is 6.09 Å². The fraction of sp³-hybridized carbons (Fsp3) is 0.308. The van der Waals surface area contributed by atoms with E-state index in [4.69, 9.17) is 9.47 Å². The standard InChI is InChI=1S/C26H26N4O3/c1-2-32-26(31)30-14-10-22(11-15-30)33-25(20-6-4-3-5-7-20)24-17-21(9-13-29-24)23-16-19(18-27)8-12-28-23/h3-9,12-13,16-17,22,25H,2,10-11,14-15H2,1H3. The average molecular weight is 443 g/mol. The second kappa shape index (κ2) is 10.7. The number of pyridine rings is 2. The maximum absolute atomic E-state index is 12.0. The summed E-state index contributed by atoms with van der Waals surface area (Å²) in [7, 11) is 0. The Balaban J connectivity index is 1.56. The van der Waals surface area contributed by atoms with Gasteiger partial charge in [-0.25, -0.2) is 4.79 Å². The third-order valence-electron chi connectivity index (χ3n) is 5.63. The van der Waals surface area contributed by atoms with Gasteiger partial charge in [0.25, 0.3) is 0 Å². The van der Waals surface area contributed by atoms with Gasteiger partial charge in [0, 0.05) is 31.0 Å². The number of likely N-dealkylation sites (tertiary alicyclic amines) is 1. The molecule has 0 radical (unpaired) electrons. The van der Waals surface area contributed by atoms with Crippen LogP contribution < -0.4 is 0 Å². The van der Waals surface area contributed by atoms with Crippen molar-refractivity contribution in [2.45, 2.75) is 32.0 Å². The van der Waals surface area contributed by atoms with Crippen LogP contribution in [-0.4, -0.2) is 46.8 Å². The van der Waals surface area contributed by atoms with Gasteiger partial charge in [-0.15, -0.1) is 0 Å². The molecule has 1 atom stereocenters. The number of benzene rings is 1. The molecule has 1 unspecified atom stereocenters. The van der Waals surface area contributed by atoms with Crippen molar-refractivity contribution in [3.63, 3.8) is 0 Å². The fourth-order valence-corrected chi connectivity index (χ4v) is 3.94. The van der Waals surface area contributed by atoms with Gasteiger partial charge in [0.05, 0.1) is 35.7 Å². The average Bonchev–Trinajstić information content (AvgIpc) is 2.88. The van der Waals surface area contributed by atoms with Gasteiger partial charge in [-0.1, -0.05) is 30.3 Å². The van der Waals surface area contributed by atoms with E-state index in [2.05, 4.69) is 16.0 Å². The lowest BCUT2D eigenvalue weighted by atomic mass is 10.0. The van der Waals surface area contributed by atoms with Gasteiger partial charge in [0.1, 0.15) is 6.10 Å². The molecule has 0 N–H and O–H groups in total. The first kappa shape index (κ1) is 22.4. The van der Waals surface area contributed by atoms with Crippen molar-refractivity contribution in [2.75, 3.05) is 19.7 Å². The monoisotopic (exact) mass is 442 g/mol. The van der Waals surface area contributed by atoms with E-state index in [9.17, 15) is 10.1 Å². The minimum atomic E-state index is -0.357. The lowest BCUT2D eigenvalue weighted by Crippen LogP contribution is -2.41. The minimum absolute atomic E-state index is 0.00798.